The second kappa shape index (κ2) is 8.45. The number of furan rings is 1. The van der Waals surface area contributed by atoms with Gasteiger partial charge in [0.2, 0.25) is 5.76 Å². The Morgan fingerprint density at radius 1 is 1.15 bits per heavy atom. The minimum absolute atomic E-state index is 0.0722. The van der Waals surface area contributed by atoms with Crippen molar-refractivity contribution < 1.29 is 23.1 Å². The summed E-state index contributed by atoms with van der Waals surface area (Å²) in [4.78, 5) is 23.4. The first-order chi connectivity index (χ1) is 13.1. The monoisotopic (exact) mass is 387 g/mol. The zero-order valence-corrected chi connectivity index (χ0v) is 15.0. The number of hydrogen-bond acceptors (Lipinski definition) is 7. The lowest BCUT2D eigenvalue weighted by atomic mass is 10.2. The van der Waals surface area contributed by atoms with Crippen molar-refractivity contribution in [1.82, 2.24) is 10.2 Å². The van der Waals surface area contributed by atoms with E-state index >= 15 is 0 Å². The molecule has 0 fully saturated rings. The quantitative estimate of drug-likeness (QED) is 0.511. The highest BCUT2D eigenvalue weighted by molar-refractivity contribution is 7.98. The Balaban J connectivity index is 1.57. The molecule has 0 spiro atoms. The normalized spacial score (nSPS) is 10.4. The molecule has 2 aromatic heterocycles. The largest absolute Gasteiger partial charge is 0.463 e. The molecule has 2 heterocycles. The molecule has 1 N–H and O–H groups in total. The number of ether oxygens (including phenoxy) is 1. The van der Waals surface area contributed by atoms with Crippen LogP contribution in [0.2, 0.25) is 0 Å². The molecule has 138 valence electrons. The van der Waals surface area contributed by atoms with Crippen molar-refractivity contribution in [3.05, 3.63) is 71.4 Å². The topological polar surface area (TPSA) is 94.3 Å². The standard InChI is InChI=1S/C18H14FN3O4S/c1-25-18(24)14-7-6-11(26-14)10-27-16-9-8-15(21-22-16)20-17(23)12-4-2-3-5-13(12)19/h2-9H,10H2,1H3,(H,20,21,23). The van der Waals surface area contributed by atoms with Crippen LogP contribution in [0.1, 0.15) is 26.7 Å². The number of anilines is 1. The first kappa shape index (κ1) is 18.6. The van der Waals surface area contributed by atoms with E-state index in [4.69, 9.17) is 4.42 Å². The molecule has 3 aromatic rings. The van der Waals surface area contributed by atoms with Gasteiger partial charge in [-0.25, -0.2) is 9.18 Å². The molecule has 0 atom stereocenters. The lowest BCUT2D eigenvalue weighted by molar-refractivity contribution is 0.0563. The van der Waals surface area contributed by atoms with E-state index in [1.54, 1.807) is 24.3 Å². The summed E-state index contributed by atoms with van der Waals surface area (Å²) in [5.41, 5.74) is -0.0722. The van der Waals surface area contributed by atoms with Gasteiger partial charge in [-0.15, -0.1) is 10.2 Å². The molecule has 0 saturated carbocycles. The van der Waals surface area contributed by atoms with E-state index in [1.807, 2.05) is 0 Å². The van der Waals surface area contributed by atoms with Gasteiger partial charge in [-0.3, -0.25) is 4.79 Å². The van der Waals surface area contributed by atoms with Gasteiger partial charge in [0.15, 0.2) is 5.82 Å². The number of benzene rings is 1. The maximum atomic E-state index is 13.6. The number of nitrogens with one attached hydrogen (secondary N) is 1. The van der Waals surface area contributed by atoms with Gasteiger partial charge in [-0.2, -0.15) is 0 Å². The van der Waals surface area contributed by atoms with Crippen molar-refractivity contribution in [2.45, 2.75) is 10.8 Å². The fraction of sp³-hybridized carbons (Fsp3) is 0.111. The molecule has 0 unspecified atom stereocenters. The zero-order chi connectivity index (χ0) is 19.2. The average molecular weight is 387 g/mol. The van der Waals surface area contributed by atoms with Gasteiger partial charge in [-0.05, 0) is 36.4 Å². The van der Waals surface area contributed by atoms with Gasteiger partial charge in [0, 0.05) is 0 Å². The summed E-state index contributed by atoms with van der Waals surface area (Å²) in [6, 6.07) is 12.1. The molecule has 0 bridgehead atoms. The summed E-state index contributed by atoms with van der Waals surface area (Å²) in [5.74, 6) is -0.398. The molecule has 7 nitrogen and oxygen atoms in total. The Labute approximate surface area is 157 Å². The molecule has 9 heteroatoms. The van der Waals surface area contributed by atoms with Crippen LogP contribution >= 0.6 is 11.8 Å². The predicted octanol–water partition coefficient (Wildman–Crippen LogP) is 3.54. The van der Waals surface area contributed by atoms with Gasteiger partial charge in [0.25, 0.3) is 5.91 Å². The van der Waals surface area contributed by atoms with Crippen LogP contribution in [0.4, 0.5) is 10.2 Å². The second-order valence-electron chi connectivity index (χ2n) is 5.24. The minimum Gasteiger partial charge on any atom is -0.463 e. The van der Waals surface area contributed by atoms with Crippen LogP contribution in [0.25, 0.3) is 0 Å². The lowest BCUT2D eigenvalue weighted by Crippen LogP contribution is -2.14. The Hall–Kier alpha value is -3.20. The summed E-state index contributed by atoms with van der Waals surface area (Å²) < 4.78 is 23.5. The number of thioether (sulfide) groups is 1. The second-order valence-corrected chi connectivity index (χ2v) is 6.23. The Bertz CT molecular complexity index is 959. The molecule has 0 saturated heterocycles. The lowest BCUT2D eigenvalue weighted by Gasteiger charge is -2.05. The van der Waals surface area contributed by atoms with Crippen molar-refractivity contribution in [3.8, 4) is 0 Å². The van der Waals surface area contributed by atoms with Gasteiger partial charge < -0.3 is 14.5 Å². The molecular formula is C18H14FN3O4S. The molecule has 27 heavy (non-hydrogen) atoms. The first-order valence-corrected chi connectivity index (χ1v) is 8.75. The SMILES string of the molecule is COC(=O)c1ccc(CSc2ccc(NC(=O)c3ccccc3F)nn2)o1. The summed E-state index contributed by atoms with van der Waals surface area (Å²) in [5, 5.41) is 11.0. The molecule has 0 aliphatic rings. The van der Waals surface area contributed by atoms with Crippen molar-refractivity contribution >= 4 is 29.5 Å². The van der Waals surface area contributed by atoms with Crippen LogP contribution in [-0.2, 0) is 10.5 Å². The number of carbonyl (C=O) groups excluding carboxylic acids is 2. The number of esters is 1. The Morgan fingerprint density at radius 2 is 1.96 bits per heavy atom. The summed E-state index contributed by atoms with van der Waals surface area (Å²) in [6.07, 6.45) is 0. The average Bonchev–Trinajstić information content (AvgIpc) is 3.16. The maximum absolute atomic E-state index is 13.6. The van der Waals surface area contributed by atoms with E-state index in [-0.39, 0.29) is 17.1 Å². The third kappa shape index (κ3) is 4.70. The number of halogens is 1. The third-order valence-corrected chi connectivity index (χ3v) is 4.35. The number of rotatable bonds is 6. The van der Waals surface area contributed by atoms with Gasteiger partial charge >= 0.3 is 5.97 Å². The van der Waals surface area contributed by atoms with E-state index in [1.165, 1.54) is 43.1 Å². The van der Waals surface area contributed by atoms with Crippen molar-refractivity contribution in [1.29, 1.82) is 0 Å². The van der Waals surface area contributed by atoms with Gasteiger partial charge in [0.1, 0.15) is 16.6 Å². The van der Waals surface area contributed by atoms with Crippen LogP contribution in [0.3, 0.4) is 0 Å². The highest BCUT2D eigenvalue weighted by atomic mass is 32.2. The summed E-state index contributed by atoms with van der Waals surface area (Å²) in [7, 11) is 1.28. The zero-order valence-electron chi connectivity index (χ0n) is 14.1. The number of hydrogen-bond donors (Lipinski definition) is 1. The number of amides is 1. The smallest absolute Gasteiger partial charge is 0.373 e. The van der Waals surface area contributed by atoms with Crippen LogP contribution < -0.4 is 5.32 Å². The predicted molar refractivity (Wildman–Crippen MR) is 96.0 cm³/mol. The van der Waals surface area contributed by atoms with Crippen LogP contribution in [0, 0.1) is 5.82 Å². The van der Waals surface area contributed by atoms with Gasteiger partial charge in [0.05, 0.1) is 18.4 Å². The highest BCUT2D eigenvalue weighted by Crippen LogP contribution is 2.22. The Kier molecular flexibility index (Phi) is 5.82. The fourth-order valence-electron chi connectivity index (χ4n) is 2.10. The van der Waals surface area contributed by atoms with E-state index in [0.717, 1.165) is 0 Å². The van der Waals surface area contributed by atoms with Crippen LogP contribution in [-0.4, -0.2) is 29.2 Å². The van der Waals surface area contributed by atoms with Crippen molar-refractivity contribution in [3.63, 3.8) is 0 Å². The van der Waals surface area contributed by atoms with Crippen LogP contribution in [0.15, 0.2) is 58.0 Å². The maximum Gasteiger partial charge on any atom is 0.373 e. The number of nitrogens with zero attached hydrogens (tertiary/aromatic N) is 2. The third-order valence-electron chi connectivity index (χ3n) is 3.41. The summed E-state index contributed by atoms with van der Waals surface area (Å²) in [6.45, 7) is 0. The molecule has 1 amide bonds. The Morgan fingerprint density at radius 3 is 2.67 bits per heavy atom. The molecule has 0 aliphatic carbocycles. The number of methoxy groups -OCH3 is 1. The van der Waals surface area contributed by atoms with E-state index in [9.17, 15) is 14.0 Å². The number of carbonyl (C=O) groups is 2. The van der Waals surface area contributed by atoms with Gasteiger partial charge in [-0.1, -0.05) is 23.9 Å². The molecular weight excluding hydrogens is 373 g/mol. The van der Waals surface area contributed by atoms with E-state index < -0.39 is 17.7 Å². The molecule has 0 aliphatic heterocycles. The highest BCUT2D eigenvalue weighted by Gasteiger charge is 2.13. The molecule has 1 aromatic carbocycles. The van der Waals surface area contributed by atoms with Crippen molar-refractivity contribution in [2.24, 2.45) is 0 Å². The van der Waals surface area contributed by atoms with Crippen LogP contribution in [0.5, 0.6) is 0 Å². The summed E-state index contributed by atoms with van der Waals surface area (Å²) >= 11 is 1.34. The molecule has 0 radical (unpaired) electrons. The fourth-order valence-corrected chi connectivity index (χ4v) is 2.81. The van der Waals surface area contributed by atoms with E-state index in [0.29, 0.717) is 16.5 Å². The first-order valence-electron chi connectivity index (χ1n) is 7.76. The van der Waals surface area contributed by atoms with E-state index in [2.05, 4.69) is 20.3 Å². The number of aromatic nitrogens is 2. The van der Waals surface area contributed by atoms with Crippen molar-refractivity contribution in [2.75, 3.05) is 12.4 Å². The molecule has 3 rings (SSSR count). The minimum atomic E-state index is -0.611.